The van der Waals surface area contributed by atoms with Crippen LogP contribution in [0.25, 0.3) is 0 Å². The lowest BCUT2D eigenvalue weighted by atomic mass is 9.87. The van der Waals surface area contributed by atoms with Gasteiger partial charge < -0.3 is 39.2 Å². The fourth-order valence-electron chi connectivity index (χ4n) is 5.94. The van der Waals surface area contributed by atoms with Crippen molar-refractivity contribution in [2.24, 2.45) is 0 Å². The minimum Gasteiger partial charge on any atom is -0.492 e. The quantitative estimate of drug-likeness (QED) is 0.220. The average Bonchev–Trinajstić information content (AvgIpc) is 3.06. The molecule has 3 aromatic carbocycles. The monoisotopic (exact) mass is 621 g/mol. The molecule has 2 aliphatic rings. The minimum absolute atomic E-state index is 0.0641. The zero-order chi connectivity index (χ0) is 31.4. The molecule has 1 saturated heterocycles. The van der Waals surface area contributed by atoms with Gasteiger partial charge in [0.15, 0.2) is 0 Å². The van der Waals surface area contributed by atoms with Gasteiger partial charge in [0.25, 0.3) is 0 Å². The highest BCUT2D eigenvalue weighted by Crippen LogP contribution is 2.35. The molecular formula is C35H44FN3O6. The fourth-order valence-corrected chi connectivity index (χ4v) is 5.94. The molecular weight excluding hydrogens is 577 g/mol. The van der Waals surface area contributed by atoms with E-state index in [1.54, 1.807) is 19.2 Å². The largest absolute Gasteiger partial charge is 0.492 e. The number of nitrogens with zero attached hydrogens (tertiary/aromatic N) is 2. The number of carboxylic acid groups (broad SMARTS) is 1. The van der Waals surface area contributed by atoms with E-state index in [1.165, 1.54) is 17.0 Å². The number of ether oxygens (including phenoxy) is 4. The molecule has 0 bridgehead atoms. The van der Waals surface area contributed by atoms with Crippen molar-refractivity contribution in [1.82, 2.24) is 10.2 Å². The zero-order valence-electron chi connectivity index (χ0n) is 26.0. The Bertz CT molecular complexity index is 1360. The van der Waals surface area contributed by atoms with Gasteiger partial charge in [-0.1, -0.05) is 30.3 Å². The van der Waals surface area contributed by atoms with E-state index in [0.717, 1.165) is 66.4 Å². The van der Waals surface area contributed by atoms with E-state index < -0.39 is 6.09 Å². The van der Waals surface area contributed by atoms with Crippen LogP contribution >= 0.6 is 0 Å². The first kappa shape index (κ1) is 32.5. The van der Waals surface area contributed by atoms with E-state index in [4.69, 9.17) is 18.9 Å². The molecule has 0 saturated carbocycles. The number of hydrogen-bond donors (Lipinski definition) is 2. The second kappa shape index (κ2) is 16.5. The highest BCUT2D eigenvalue weighted by Gasteiger charge is 2.33. The summed E-state index contributed by atoms with van der Waals surface area (Å²) in [5.41, 5.74) is 4.29. The molecule has 1 fully saturated rings. The van der Waals surface area contributed by atoms with Gasteiger partial charge in [-0.15, -0.1) is 0 Å². The summed E-state index contributed by atoms with van der Waals surface area (Å²) in [5.74, 6) is 1.50. The maximum absolute atomic E-state index is 13.1. The molecule has 0 radical (unpaired) electrons. The van der Waals surface area contributed by atoms with Gasteiger partial charge in [0.1, 0.15) is 30.5 Å². The van der Waals surface area contributed by atoms with Gasteiger partial charge in [-0.3, -0.25) is 0 Å². The lowest BCUT2D eigenvalue weighted by molar-refractivity contribution is -0.0199. The molecule has 2 aliphatic heterocycles. The Labute approximate surface area is 264 Å². The van der Waals surface area contributed by atoms with Crippen LogP contribution in [-0.2, 0) is 22.5 Å². The minimum atomic E-state index is -0.922. The molecule has 45 heavy (non-hydrogen) atoms. The van der Waals surface area contributed by atoms with Gasteiger partial charge in [-0.25, -0.2) is 9.18 Å². The lowest BCUT2D eigenvalue weighted by Gasteiger charge is -2.37. The number of benzene rings is 3. The van der Waals surface area contributed by atoms with Crippen LogP contribution in [0.5, 0.6) is 11.5 Å². The molecule has 2 atom stereocenters. The number of methoxy groups -OCH3 is 1. The number of rotatable bonds is 15. The summed E-state index contributed by atoms with van der Waals surface area (Å²) in [6.45, 7) is 6.26. The van der Waals surface area contributed by atoms with Gasteiger partial charge in [0.2, 0.25) is 0 Å². The molecule has 0 aliphatic carbocycles. The number of nitrogens with one attached hydrogen (secondary N) is 1. The second-order valence-corrected chi connectivity index (χ2v) is 11.5. The summed E-state index contributed by atoms with van der Waals surface area (Å²) in [6, 6.07) is 20.8. The molecule has 1 amide bonds. The third kappa shape index (κ3) is 9.32. The zero-order valence-corrected chi connectivity index (χ0v) is 26.0. The van der Waals surface area contributed by atoms with Crippen molar-refractivity contribution in [2.75, 3.05) is 71.1 Å². The van der Waals surface area contributed by atoms with E-state index in [9.17, 15) is 14.3 Å². The van der Waals surface area contributed by atoms with E-state index in [2.05, 4.69) is 28.4 Å². The summed E-state index contributed by atoms with van der Waals surface area (Å²) >= 11 is 0. The predicted octanol–water partition coefficient (Wildman–Crippen LogP) is 5.32. The number of fused-ring (bicyclic) bond motifs is 1. The highest BCUT2D eigenvalue weighted by molar-refractivity contribution is 5.65. The van der Waals surface area contributed by atoms with Crippen LogP contribution in [0, 0.1) is 5.82 Å². The van der Waals surface area contributed by atoms with Gasteiger partial charge in [-0.2, -0.15) is 0 Å². The molecule has 0 aromatic heterocycles. The van der Waals surface area contributed by atoms with Gasteiger partial charge in [0.05, 0.1) is 31.5 Å². The molecule has 5 rings (SSSR count). The molecule has 2 heterocycles. The van der Waals surface area contributed by atoms with E-state index in [-0.39, 0.29) is 17.8 Å². The van der Waals surface area contributed by atoms with Crippen molar-refractivity contribution in [3.05, 3.63) is 89.2 Å². The standard InChI is InChI=1S/C35H44FN3O6/c1-42-20-2-17-38-19-22-44-33-12-5-27(23-32(33)38)25-45-34-24-39(35(40)41)18-14-31(34)28-6-10-30(11-7-28)43-21-16-37-15-13-26-3-8-29(36)9-4-26/h3-12,23,31,34,37H,2,13-22,24-25H2,1H3,(H,40,41). The smallest absolute Gasteiger partial charge is 0.407 e. The number of hydrogen-bond acceptors (Lipinski definition) is 7. The Morgan fingerprint density at radius 3 is 2.60 bits per heavy atom. The number of piperidine rings is 1. The van der Waals surface area contributed by atoms with E-state index in [1.807, 2.05) is 24.3 Å². The maximum Gasteiger partial charge on any atom is 0.407 e. The van der Waals surface area contributed by atoms with Crippen molar-refractivity contribution in [3.8, 4) is 11.5 Å². The van der Waals surface area contributed by atoms with Crippen LogP contribution in [-0.4, -0.2) is 88.4 Å². The Morgan fingerprint density at radius 2 is 1.82 bits per heavy atom. The second-order valence-electron chi connectivity index (χ2n) is 11.5. The van der Waals surface area contributed by atoms with Crippen molar-refractivity contribution in [2.45, 2.75) is 37.9 Å². The number of carbonyl (C=O) groups is 1. The van der Waals surface area contributed by atoms with Crippen LogP contribution in [0.2, 0.25) is 0 Å². The van der Waals surface area contributed by atoms with Gasteiger partial charge in [-0.05, 0) is 78.9 Å². The summed E-state index contributed by atoms with van der Waals surface area (Å²) in [4.78, 5) is 15.6. The molecule has 2 N–H and O–H groups in total. The first-order valence-electron chi connectivity index (χ1n) is 15.8. The van der Waals surface area contributed by atoms with Crippen LogP contribution < -0.4 is 19.7 Å². The average molecular weight is 622 g/mol. The normalized spacial score (nSPS) is 17.9. The number of halogens is 1. The maximum atomic E-state index is 13.1. The Kier molecular flexibility index (Phi) is 11.9. The first-order valence-corrected chi connectivity index (χ1v) is 15.8. The first-order chi connectivity index (χ1) is 22.0. The van der Waals surface area contributed by atoms with Crippen LogP contribution in [0.4, 0.5) is 14.9 Å². The Hall–Kier alpha value is -3.86. The summed E-state index contributed by atoms with van der Waals surface area (Å²) < 4.78 is 36.6. The van der Waals surface area contributed by atoms with Gasteiger partial charge in [0, 0.05) is 39.3 Å². The topological polar surface area (TPSA) is 92.7 Å². The summed E-state index contributed by atoms with van der Waals surface area (Å²) in [5, 5.41) is 13.1. The van der Waals surface area contributed by atoms with Crippen LogP contribution in [0.1, 0.15) is 35.4 Å². The number of likely N-dealkylation sites (tertiary alicyclic amines) is 1. The number of amides is 1. The highest BCUT2D eigenvalue weighted by atomic mass is 19.1. The van der Waals surface area contributed by atoms with Crippen LogP contribution in [0.15, 0.2) is 66.7 Å². The predicted molar refractivity (Wildman–Crippen MR) is 171 cm³/mol. The number of anilines is 1. The summed E-state index contributed by atoms with van der Waals surface area (Å²) in [6.07, 6.45) is 1.24. The van der Waals surface area contributed by atoms with Crippen molar-refractivity contribution in [1.29, 1.82) is 0 Å². The van der Waals surface area contributed by atoms with Gasteiger partial charge >= 0.3 is 6.09 Å². The fraction of sp³-hybridized carbons (Fsp3) is 0.457. The molecule has 3 aromatic rings. The molecule has 2 unspecified atom stereocenters. The molecule has 0 spiro atoms. The summed E-state index contributed by atoms with van der Waals surface area (Å²) in [7, 11) is 1.72. The third-order valence-electron chi connectivity index (χ3n) is 8.41. The Morgan fingerprint density at radius 1 is 1.02 bits per heavy atom. The van der Waals surface area contributed by atoms with Crippen molar-refractivity contribution in [3.63, 3.8) is 0 Å². The molecule has 9 nitrogen and oxygen atoms in total. The third-order valence-corrected chi connectivity index (χ3v) is 8.41. The van der Waals surface area contributed by atoms with E-state index in [0.29, 0.717) is 52.5 Å². The van der Waals surface area contributed by atoms with Crippen LogP contribution in [0.3, 0.4) is 0 Å². The molecule has 10 heteroatoms. The van der Waals surface area contributed by atoms with E-state index >= 15 is 0 Å². The van der Waals surface area contributed by atoms with Crippen molar-refractivity contribution >= 4 is 11.8 Å². The molecule has 242 valence electrons. The van der Waals surface area contributed by atoms with Crippen molar-refractivity contribution < 1.29 is 33.2 Å². The SMILES string of the molecule is COCCCN1CCOc2ccc(COC3CN(C(=O)O)CCC3c3ccc(OCCNCCc4ccc(F)cc4)cc3)cc21. The lowest BCUT2D eigenvalue weighted by Crippen LogP contribution is -2.46. The Balaban J connectivity index is 1.14.